The number of benzene rings is 2. The van der Waals surface area contributed by atoms with Crippen molar-refractivity contribution < 1.29 is 12.6 Å². The molecule has 1 atom stereocenters. The van der Waals surface area contributed by atoms with Crippen molar-refractivity contribution in [1.82, 2.24) is 3.97 Å². The summed E-state index contributed by atoms with van der Waals surface area (Å²) in [5.41, 5.74) is 2.00. The Morgan fingerprint density at radius 2 is 1.70 bits per heavy atom. The van der Waals surface area contributed by atoms with E-state index < -0.39 is 25.8 Å². The summed E-state index contributed by atoms with van der Waals surface area (Å²) in [5.74, 6) is 0. The summed E-state index contributed by atoms with van der Waals surface area (Å²) in [4.78, 5) is 0.247. The lowest BCUT2D eigenvalue weighted by molar-refractivity contribution is 0.588. The maximum absolute atomic E-state index is 13.0. The zero-order chi connectivity index (χ0) is 19.8. The second-order valence-corrected chi connectivity index (χ2v) is 11.0. The highest BCUT2D eigenvalue weighted by molar-refractivity contribution is 7.90. The first-order valence-corrected chi connectivity index (χ1v) is 11.0. The summed E-state index contributed by atoms with van der Waals surface area (Å²) in [5, 5.41) is 0.789. The minimum absolute atomic E-state index is 0.247. The van der Waals surface area contributed by atoms with E-state index in [9.17, 15) is 12.6 Å². The Hall–Kier alpha value is -2.25. The number of aromatic nitrogens is 1. The van der Waals surface area contributed by atoms with Crippen LogP contribution in [0.15, 0.2) is 63.9 Å². The van der Waals surface area contributed by atoms with Gasteiger partial charge < -0.3 is 0 Å². The van der Waals surface area contributed by atoms with Crippen molar-refractivity contribution in [3.8, 4) is 0 Å². The van der Waals surface area contributed by atoms with Crippen LogP contribution in [0.3, 0.4) is 0 Å². The quantitative estimate of drug-likeness (QED) is 0.618. The van der Waals surface area contributed by atoms with E-state index in [1.165, 1.54) is 3.97 Å². The number of hydrogen-bond donors (Lipinski definition) is 0. The molecule has 0 bridgehead atoms. The topological polar surface area (TPSA) is 68.5 Å². The van der Waals surface area contributed by atoms with Crippen molar-refractivity contribution in [2.24, 2.45) is 4.40 Å². The maximum Gasteiger partial charge on any atom is 0.268 e. The van der Waals surface area contributed by atoms with Gasteiger partial charge in [0.25, 0.3) is 10.0 Å². The van der Waals surface area contributed by atoms with Crippen LogP contribution in [0.25, 0.3) is 10.9 Å². The molecule has 0 spiro atoms. The molecular weight excluding hydrogens is 380 g/mol. The fourth-order valence-electron chi connectivity index (χ4n) is 2.71. The lowest BCUT2D eigenvalue weighted by Gasteiger charge is -2.12. The van der Waals surface area contributed by atoms with E-state index in [0.29, 0.717) is 11.2 Å². The van der Waals surface area contributed by atoms with Crippen molar-refractivity contribution in [1.29, 1.82) is 0 Å². The van der Waals surface area contributed by atoms with Gasteiger partial charge in [-0.1, -0.05) is 24.3 Å². The van der Waals surface area contributed by atoms with Gasteiger partial charge in [-0.3, -0.25) is 0 Å². The van der Waals surface area contributed by atoms with Gasteiger partial charge in [0.15, 0.2) is 0 Å². The molecule has 5 nitrogen and oxygen atoms in total. The van der Waals surface area contributed by atoms with Crippen LogP contribution in [0.5, 0.6) is 0 Å². The Morgan fingerprint density at radius 3 is 2.33 bits per heavy atom. The molecule has 27 heavy (non-hydrogen) atoms. The van der Waals surface area contributed by atoms with Crippen molar-refractivity contribution in [3.63, 3.8) is 0 Å². The average molecular weight is 403 g/mol. The van der Waals surface area contributed by atoms with Crippen LogP contribution in [0, 0.1) is 6.92 Å². The van der Waals surface area contributed by atoms with Gasteiger partial charge in [-0.2, -0.15) is 4.40 Å². The molecule has 0 fully saturated rings. The molecule has 0 unspecified atom stereocenters. The van der Waals surface area contributed by atoms with E-state index >= 15 is 0 Å². The third-order valence-corrected chi connectivity index (χ3v) is 7.24. The minimum atomic E-state index is -3.68. The van der Waals surface area contributed by atoms with Crippen molar-refractivity contribution in [3.05, 3.63) is 65.9 Å². The molecular formula is C20H22N2O3S2. The van der Waals surface area contributed by atoms with Gasteiger partial charge in [0.2, 0.25) is 0 Å². The van der Waals surface area contributed by atoms with Gasteiger partial charge >= 0.3 is 0 Å². The Labute approximate surface area is 162 Å². The predicted molar refractivity (Wildman–Crippen MR) is 111 cm³/mol. The van der Waals surface area contributed by atoms with E-state index in [2.05, 4.69) is 4.40 Å². The average Bonchev–Trinajstić information content (AvgIpc) is 2.95. The molecule has 0 saturated heterocycles. The molecule has 0 aliphatic carbocycles. The van der Waals surface area contributed by atoms with Crippen LogP contribution in [0.1, 0.15) is 32.0 Å². The molecule has 7 heteroatoms. The summed E-state index contributed by atoms with van der Waals surface area (Å²) in [6.07, 6.45) is 1.57. The predicted octanol–water partition coefficient (Wildman–Crippen LogP) is 4.07. The summed E-state index contributed by atoms with van der Waals surface area (Å²) < 4.78 is 43.2. The molecule has 0 aliphatic rings. The third kappa shape index (κ3) is 3.89. The molecule has 0 saturated carbocycles. The Kier molecular flexibility index (Phi) is 5.10. The minimum Gasteiger partial charge on any atom is -0.238 e. The number of hydrogen-bond acceptors (Lipinski definition) is 3. The third-order valence-electron chi connectivity index (χ3n) is 4.06. The van der Waals surface area contributed by atoms with Gasteiger partial charge in [-0.15, -0.1) is 0 Å². The van der Waals surface area contributed by atoms with E-state index in [1.54, 1.807) is 55.6 Å². The first-order valence-electron chi connectivity index (χ1n) is 8.49. The van der Waals surface area contributed by atoms with Crippen LogP contribution >= 0.6 is 0 Å². The summed E-state index contributed by atoms with van der Waals surface area (Å²) >= 11 is 0. The van der Waals surface area contributed by atoms with E-state index in [0.717, 1.165) is 10.9 Å². The van der Waals surface area contributed by atoms with Crippen LogP contribution < -0.4 is 0 Å². The highest BCUT2D eigenvalue weighted by atomic mass is 32.2. The summed E-state index contributed by atoms with van der Waals surface area (Å²) in [7, 11) is -5.02. The van der Waals surface area contributed by atoms with Crippen molar-refractivity contribution in [2.45, 2.75) is 37.3 Å². The molecule has 142 valence electrons. The summed E-state index contributed by atoms with van der Waals surface area (Å²) in [6.45, 7) is 7.35. The van der Waals surface area contributed by atoms with Crippen LogP contribution in [0.2, 0.25) is 0 Å². The normalized spacial score (nSPS) is 14.1. The highest BCUT2D eigenvalue weighted by Crippen LogP contribution is 2.26. The highest BCUT2D eigenvalue weighted by Gasteiger charge is 2.21. The zero-order valence-electron chi connectivity index (χ0n) is 15.7. The zero-order valence-corrected chi connectivity index (χ0v) is 17.3. The van der Waals surface area contributed by atoms with Crippen LogP contribution in [0.4, 0.5) is 0 Å². The molecule has 2 aromatic carbocycles. The van der Waals surface area contributed by atoms with Crippen molar-refractivity contribution in [2.75, 3.05) is 0 Å². The molecule has 0 radical (unpaired) electrons. The smallest absolute Gasteiger partial charge is 0.238 e. The summed E-state index contributed by atoms with van der Waals surface area (Å²) in [6, 6.07) is 15.6. The van der Waals surface area contributed by atoms with E-state index in [-0.39, 0.29) is 4.90 Å². The number of aryl methyl sites for hydroxylation is 1. The maximum atomic E-state index is 13.0. The largest absolute Gasteiger partial charge is 0.268 e. The van der Waals surface area contributed by atoms with Gasteiger partial charge in [0.1, 0.15) is 11.0 Å². The molecule has 3 rings (SSSR count). The second kappa shape index (κ2) is 7.05. The first kappa shape index (κ1) is 19.5. The first-order chi connectivity index (χ1) is 12.6. The van der Waals surface area contributed by atoms with Gasteiger partial charge in [0, 0.05) is 17.3 Å². The molecule has 0 amide bonds. The monoisotopic (exact) mass is 402 g/mol. The van der Waals surface area contributed by atoms with Crippen molar-refractivity contribution >= 4 is 38.1 Å². The van der Waals surface area contributed by atoms with Gasteiger partial charge in [-0.25, -0.2) is 16.6 Å². The van der Waals surface area contributed by atoms with Gasteiger partial charge in [-0.05, 0) is 63.6 Å². The Bertz CT molecular complexity index is 1140. The van der Waals surface area contributed by atoms with E-state index in [4.69, 9.17) is 0 Å². The molecule has 0 aliphatic heterocycles. The second-order valence-electron chi connectivity index (χ2n) is 7.28. The van der Waals surface area contributed by atoms with Crippen LogP contribution in [-0.2, 0) is 21.0 Å². The molecule has 1 heterocycles. The molecule has 3 aromatic rings. The Balaban J connectivity index is 2.05. The number of nitrogens with zero attached hydrogens (tertiary/aromatic N) is 2. The fourth-order valence-corrected chi connectivity index (χ4v) is 4.81. The number of rotatable bonds is 4. The van der Waals surface area contributed by atoms with E-state index in [1.807, 2.05) is 32.9 Å². The SMILES string of the molecule is Cc1cc2cc(C=N[S@@](=O)C(C)(C)C)ccc2n1S(=O)(=O)c1ccccc1. The number of fused-ring (bicyclic) bond motifs is 1. The molecule has 1 aromatic heterocycles. The lowest BCUT2D eigenvalue weighted by Crippen LogP contribution is -2.19. The van der Waals surface area contributed by atoms with Gasteiger partial charge in [0.05, 0.1) is 15.2 Å². The lowest BCUT2D eigenvalue weighted by atomic mass is 10.2. The molecule has 0 N–H and O–H groups in total. The fraction of sp³-hybridized carbons (Fsp3) is 0.250. The van der Waals surface area contributed by atoms with Crippen LogP contribution in [-0.4, -0.2) is 27.6 Å². The standard InChI is InChI=1S/C20H22N2O3S2/c1-15-12-17-13-16(14-21-26(23)20(2,3)4)10-11-19(17)22(15)27(24,25)18-8-6-5-7-9-18/h5-14H,1-4H3/t26-/m0/s1. The Morgan fingerprint density at radius 1 is 1.04 bits per heavy atom.